The van der Waals surface area contributed by atoms with Crippen LogP contribution < -0.4 is 20.7 Å². The first-order valence-corrected chi connectivity index (χ1v) is 7.29. The highest BCUT2D eigenvalue weighted by Gasteiger charge is 2.26. The molecule has 1 heterocycles. The van der Waals surface area contributed by atoms with Crippen molar-refractivity contribution in [1.29, 1.82) is 0 Å². The molecule has 2 atom stereocenters. The van der Waals surface area contributed by atoms with E-state index in [0.717, 1.165) is 12.8 Å². The van der Waals surface area contributed by atoms with Gasteiger partial charge in [-0.1, -0.05) is 13.3 Å². The number of aromatic nitrogens is 3. The van der Waals surface area contributed by atoms with Crippen molar-refractivity contribution in [3.05, 3.63) is 0 Å². The maximum absolute atomic E-state index is 5.95. The van der Waals surface area contributed by atoms with E-state index in [0.29, 0.717) is 12.5 Å². The Kier molecular flexibility index (Phi) is 5.34. The molecule has 1 aliphatic rings. The minimum Gasteiger partial charge on any atom is -0.464 e. The van der Waals surface area contributed by atoms with Crippen molar-refractivity contribution < 1.29 is 9.47 Å². The smallest absolute Gasteiger partial charge is 0.324 e. The Labute approximate surface area is 119 Å². The van der Waals surface area contributed by atoms with Crippen molar-refractivity contribution in [3.8, 4) is 12.0 Å². The minimum atomic E-state index is 0.163. The molecule has 0 aliphatic heterocycles. The van der Waals surface area contributed by atoms with Crippen LogP contribution >= 0.6 is 0 Å². The van der Waals surface area contributed by atoms with E-state index < -0.39 is 0 Å². The summed E-state index contributed by atoms with van der Waals surface area (Å²) < 4.78 is 11.2. The van der Waals surface area contributed by atoms with E-state index in [1.807, 2.05) is 6.92 Å². The molecule has 3 N–H and O–H groups in total. The number of nitrogens with two attached hydrogens (primary N) is 1. The Morgan fingerprint density at radius 1 is 1.15 bits per heavy atom. The van der Waals surface area contributed by atoms with Gasteiger partial charge < -0.3 is 9.47 Å². The zero-order valence-electron chi connectivity index (χ0n) is 12.1. The SMILES string of the molecule is CCOc1nc(NN)nc(OC2CCCCC2CC)n1. The van der Waals surface area contributed by atoms with Crippen LogP contribution in [0.5, 0.6) is 12.0 Å². The molecular weight excluding hydrogens is 258 g/mol. The van der Waals surface area contributed by atoms with E-state index in [1.165, 1.54) is 19.3 Å². The molecule has 7 nitrogen and oxygen atoms in total. The van der Waals surface area contributed by atoms with Gasteiger partial charge in [-0.2, -0.15) is 9.97 Å². The fourth-order valence-electron chi connectivity index (χ4n) is 2.58. The van der Waals surface area contributed by atoms with Crippen molar-refractivity contribution in [1.82, 2.24) is 15.0 Å². The van der Waals surface area contributed by atoms with Crippen molar-refractivity contribution >= 4 is 5.95 Å². The molecule has 7 heteroatoms. The number of nitrogen functional groups attached to an aromatic ring is 1. The van der Waals surface area contributed by atoms with E-state index >= 15 is 0 Å². The summed E-state index contributed by atoms with van der Waals surface area (Å²) in [6.07, 6.45) is 5.97. The predicted octanol–water partition coefficient (Wildman–Crippen LogP) is 1.90. The van der Waals surface area contributed by atoms with Crippen LogP contribution in [0.2, 0.25) is 0 Å². The van der Waals surface area contributed by atoms with Gasteiger partial charge in [-0.05, 0) is 38.5 Å². The Morgan fingerprint density at radius 3 is 2.60 bits per heavy atom. The number of hydrogen-bond acceptors (Lipinski definition) is 7. The second-order valence-corrected chi connectivity index (χ2v) is 4.91. The summed E-state index contributed by atoms with van der Waals surface area (Å²) in [5.41, 5.74) is 2.41. The van der Waals surface area contributed by atoms with Crippen LogP contribution in [-0.2, 0) is 0 Å². The summed E-state index contributed by atoms with van der Waals surface area (Å²) >= 11 is 0. The fourth-order valence-corrected chi connectivity index (χ4v) is 2.58. The number of rotatable bonds is 6. The largest absolute Gasteiger partial charge is 0.464 e. The molecule has 1 aromatic rings. The standard InChI is InChI=1S/C13H23N5O2/c1-3-9-7-5-6-8-10(9)20-13-16-11(18-14)15-12(17-13)19-4-2/h9-10H,3-8,14H2,1-2H3,(H,15,16,17,18). The highest BCUT2D eigenvalue weighted by molar-refractivity contribution is 5.25. The molecule has 1 aromatic heterocycles. The predicted molar refractivity (Wildman–Crippen MR) is 75.5 cm³/mol. The van der Waals surface area contributed by atoms with Gasteiger partial charge in [0.15, 0.2) is 0 Å². The number of anilines is 1. The van der Waals surface area contributed by atoms with Crippen LogP contribution in [0.25, 0.3) is 0 Å². The van der Waals surface area contributed by atoms with Crippen LogP contribution in [-0.4, -0.2) is 27.7 Å². The van der Waals surface area contributed by atoms with Crippen molar-refractivity contribution in [2.45, 2.75) is 52.1 Å². The summed E-state index contributed by atoms with van der Waals surface area (Å²) in [6, 6.07) is 0.510. The number of ether oxygens (including phenoxy) is 2. The Bertz CT molecular complexity index is 429. The Hall–Kier alpha value is -1.63. The third-order valence-corrected chi connectivity index (χ3v) is 3.62. The van der Waals surface area contributed by atoms with Crippen LogP contribution in [0, 0.1) is 5.92 Å². The molecule has 0 spiro atoms. The lowest BCUT2D eigenvalue weighted by Crippen LogP contribution is -2.30. The Balaban J connectivity index is 2.12. The summed E-state index contributed by atoms with van der Waals surface area (Å²) in [4.78, 5) is 12.3. The van der Waals surface area contributed by atoms with Gasteiger partial charge in [0.1, 0.15) is 6.10 Å². The molecule has 20 heavy (non-hydrogen) atoms. The number of hydrogen-bond donors (Lipinski definition) is 2. The van der Waals surface area contributed by atoms with E-state index in [4.69, 9.17) is 15.3 Å². The lowest BCUT2D eigenvalue weighted by Gasteiger charge is -2.30. The third kappa shape index (κ3) is 3.69. The summed E-state index contributed by atoms with van der Waals surface area (Å²) in [5, 5.41) is 0. The quantitative estimate of drug-likeness (QED) is 0.607. The van der Waals surface area contributed by atoms with Crippen LogP contribution in [0.4, 0.5) is 5.95 Å². The van der Waals surface area contributed by atoms with Gasteiger partial charge in [0.05, 0.1) is 6.61 Å². The van der Waals surface area contributed by atoms with E-state index in [1.54, 1.807) is 0 Å². The van der Waals surface area contributed by atoms with E-state index in [-0.39, 0.29) is 24.1 Å². The first-order chi connectivity index (χ1) is 9.76. The molecule has 0 aromatic carbocycles. The van der Waals surface area contributed by atoms with Gasteiger partial charge in [0, 0.05) is 0 Å². The third-order valence-electron chi connectivity index (χ3n) is 3.62. The van der Waals surface area contributed by atoms with Gasteiger partial charge in [-0.3, -0.25) is 5.43 Å². The minimum absolute atomic E-state index is 0.163. The van der Waals surface area contributed by atoms with Gasteiger partial charge in [-0.25, -0.2) is 5.84 Å². The molecular formula is C13H23N5O2. The average molecular weight is 281 g/mol. The van der Waals surface area contributed by atoms with Gasteiger partial charge in [0.2, 0.25) is 5.95 Å². The summed E-state index contributed by atoms with van der Waals surface area (Å²) in [5.74, 6) is 6.17. The molecule has 1 aliphatic carbocycles. The Morgan fingerprint density at radius 2 is 1.90 bits per heavy atom. The first-order valence-electron chi connectivity index (χ1n) is 7.29. The maximum Gasteiger partial charge on any atom is 0.324 e. The van der Waals surface area contributed by atoms with Gasteiger partial charge >= 0.3 is 12.0 Å². The molecule has 2 unspecified atom stereocenters. The average Bonchev–Trinajstić information content (AvgIpc) is 2.48. The molecule has 2 rings (SSSR count). The number of hydrazine groups is 1. The second-order valence-electron chi connectivity index (χ2n) is 4.91. The molecule has 0 bridgehead atoms. The van der Waals surface area contributed by atoms with Gasteiger partial charge in [0.25, 0.3) is 0 Å². The molecule has 0 amide bonds. The zero-order valence-corrected chi connectivity index (χ0v) is 12.1. The first kappa shape index (κ1) is 14.8. The molecule has 0 saturated heterocycles. The zero-order chi connectivity index (χ0) is 14.4. The summed E-state index contributed by atoms with van der Waals surface area (Å²) in [7, 11) is 0. The molecule has 1 fully saturated rings. The molecule has 112 valence electrons. The second kappa shape index (κ2) is 7.23. The van der Waals surface area contributed by atoms with Crippen molar-refractivity contribution in [2.75, 3.05) is 12.0 Å². The molecule has 1 saturated carbocycles. The van der Waals surface area contributed by atoms with Crippen molar-refractivity contribution in [2.24, 2.45) is 11.8 Å². The normalized spacial score (nSPS) is 22.4. The van der Waals surface area contributed by atoms with Crippen LogP contribution in [0.1, 0.15) is 46.0 Å². The maximum atomic E-state index is 5.95. The monoisotopic (exact) mass is 281 g/mol. The lowest BCUT2D eigenvalue weighted by molar-refractivity contribution is 0.0797. The lowest BCUT2D eigenvalue weighted by atomic mass is 9.85. The van der Waals surface area contributed by atoms with E-state index in [2.05, 4.69) is 27.3 Å². The highest BCUT2D eigenvalue weighted by Crippen LogP contribution is 2.29. The molecule has 0 radical (unpaired) electrons. The topological polar surface area (TPSA) is 95.2 Å². The van der Waals surface area contributed by atoms with Crippen LogP contribution in [0.15, 0.2) is 0 Å². The van der Waals surface area contributed by atoms with Crippen LogP contribution in [0.3, 0.4) is 0 Å². The van der Waals surface area contributed by atoms with E-state index in [9.17, 15) is 0 Å². The van der Waals surface area contributed by atoms with Gasteiger partial charge in [-0.15, -0.1) is 4.98 Å². The fraction of sp³-hybridized carbons (Fsp3) is 0.769. The number of nitrogens with zero attached hydrogens (tertiary/aromatic N) is 3. The highest BCUT2D eigenvalue weighted by atomic mass is 16.5. The van der Waals surface area contributed by atoms with Crippen molar-refractivity contribution in [3.63, 3.8) is 0 Å². The number of nitrogens with one attached hydrogen (secondary N) is 1. The summed E-state index contributed by atoms with van der Waals surface area (Å²) in [6.45, 7) is 4.54.